The molecule has 0 spiro atoms. The molecule has 2 fully saturated rings. The number of nitrogens with zero attached hydrogens (tertiary/aromatic N) is 1. The first-order valence-electron chi connectivity index (χ1n) is 6.59. The van der Waals surface area contributed by atoms with Crippen molar-refractivity contribution < 1.29 is 14.3 Å². The summed E-state index contributed by atoms with van der Waals surface area (Å²) in [6.07, 6.45) is 4.31. The SMILES string of the molecule is O=C(NCCN1CCOCC1)OC1CCCC1. The fourth-order valence-corrected chi connectivity index (χ4v) is 2.34. The Balaban J connectivity index is 1.53. The third-order valence-electron chi connectivity index (χ3n) is 3.38. The molecule has 0 atom stereocenters. The van der Waals surface area contributed by atoms with E-state index in [1.165, 1.54) is 12.8 Å². The van der Waals surface area contributed by atoms with Crippen LogP contribution in [0.4, 0.5) is 4.79 Å². The summed E-state index contributed by atoms with van der Waals surface area (Å²) in [6, 6.07) is 0. The zero-order valence-electron chi connectivity index (χ0n) is 10.3. The molecular formula is C12H22N2O3. The van der Waals surface area contributed by atoms with Gasteiger partial charge in [0.05, 0.1) is 13.2 Å². The number of amides is 1. The predicted octanol–water partition coefficient (Wildman–Crippen LogP) is 0.987. The first-order valence-corrected chi connectivity index (χ1v) is 6.59. The van der Waals surface area contributed by atoms with Gasteiger partial charge in [-0.15, -0.1) is 0 Å². The molecule has 1 aliphatic heterocycles. The van der Waals surface area contributed by atoms with Gasteiger partial charge in [0, 0.05) is 26.2 Å². The topological polar surface area (TPSA) is 50.8 Å². The van der Waals surface area contributed by atoms with Crippen LogP contribution in [0.3, 0.4) is 0 Å². The van der Waals surface area contributed by atoms with Crippen molar-refractivity contribution in [2.24, 2.45) is 0 Å². The maximum absolute atomic E-state index is 11.5. The van der Waals surface area contributed by atoms with Crippen LogP contribution in [0.5, 0.6) is 0 Å². The largest absolute Gasteiger partial charge is 0.446 e. The van der Waals surface area contributed by atoms with E-state index in [1.807, 2.05) is 0 Å². The third kappa shape index (κ3) is 4.52. The number of hydrogen-bond acceptors (Lipinski definition) is 4. The van der Waals surface area contributed by atoms with Gasteiger partial charge in [0.1, 0.15) is 6.10 Å². The van der Waals surface area contributed by atoms with Gasteiger partial charge >= 0.3 is 6.09 Å². The summed E-state index contributed by atoms with van der Waals surface area (Å²) < 4.78 is 10.6. The van der Waals surface area contributed by atoms with E-state index in [0.717, 1.165) is 45.7 Å². The maximum Gasteiger partial charge on any atom is 0.407 e. The second-order valence-corrected chi connectivity index (χ2v) is 4.69. The second-order valence-electron chi connectivity index (χ2n) is 4.69. The van der Waals surface area contributed by atoms with Crippen LogP contribution in [0.15, 0.2) is 0 Å². The highest BCUT2D eigenvalue weighted by Gasteiger charge is 2.19. The molecule has 5 nitrogen and oxygen atoms in total. The molecule has 1 saturated heterocycles. The Kier molecular flexibility index (Phi) is 5.07. The lowest BCUT2D eigenvalue weighted by Gasteiger charge is -2.26. The minimum atomic E-state index is -0.259. The lowest BCUT2D eigenvalue weighted by atomic mass is 10.3. The summed E-state index contributed by atoms with van der Waals surface area (Å²) in [7, 11) is 0. The molecule has 1 heterocycles. The van der Waals surface area contributed by atoms with Gasteiger partial charge in [-0.25, -0.2) is 4.79 Å². The van der Waals surface area contributed by atoms with Crippen LogP contribution in [0.1, 0.15) is 25.7 Å². The van der Waals surface area contributed by atoms with Gasteiger partial charge in [-0.2, -0.15) is 0 Å². The van der Waals surface area contributed by atoms with Crippen molar-refractivity contribution in [3.8, 4) is 0 Å². The van der Waals surface area contributed by atoms with Crippen LogP contribution >= 0.6 is 0 Å². The minimum absolute atomic E-state index is 0.151. The Morgan fingerprint density at radius 3 is 2.71 bits per heavy atom. The molecule has 1 N–H and O–H groups in total. The normalized spacial score (nSPS) is 22.6. The van der Waals surface area contributed by atoms with Crippen LogP contribution in [0.2, 0.25) is 0 Å². The zero-order chi connectivity index (χ0) is 11.9. The third-order valence-corrected chi connectivity index (χ3v) is 3.38. The number of carbonyl (C=O) groups is 1. The fraction of sp³-hybridized carbons (Fsp3) is 0.917. The monoisotopic (exact) mass is 242 g/mol. The molecule has 0 aromatic rings. The molecule has 1 saturated carbocycles. The Morgan fingerprint density at radius 2 is 2.00 bits per heavy atom. The average molecular weight is 242 g/mol. The summed E-state index contributed by atoms with van der Waals surface area (Å²) in [6.45, 7) is 5.05. The smallest absolute Gasteiger partial charge is 0.407 e. The second kappa shape index (κ2) is 6.81. The first-order chi connectivity index (χ1) is 8.34. The number of carbonyl (C=O) groups excluding carboxylic acids is 1. The average Bonchev–Trinajstić information content (AvgIpc) is 2.83. The number of morpholine rings is 1. The van der Waals surface area contributed by atoms with Crippen molar-refractivity contribution in [1.82, 2.24) is 10.2 Å². The fourth-order valence-electron chi connectivity index (χ4n) is 2.34. The predicted molar refractivity (Wildman–Crippen MR) is 64.0 cm³/mol. The van der Waals surface area contributed by atoms with E-state index in [0.29, 0.717) is 6.54 Å². The molecule has 1 aliphatic carbocycles. The van der Waals surface area contributed by atoms with E-state index < -0.39 is 0 Å². The van der Waals surface area contributed by atoms with Crippen molar-refractivity contribution in [2.45, 2.75) is 31.8 Å². The van der Waals surface area contributed by atoms with Gasteiger partial charge in [0.2, 0.25) is 0 Å². The quantitative estimate of drug-likeness (QED) is 0.798. The van der Waals surface area contributed by atoms with E-state index in [1.54, 1.807) is 0 Å². The van der Waals surface area contributed by atoms with E-state index >= 15 is 0 Å². The van der Waals surface area contributed by atoms with Gasteiger partial charge in [-0.3, -0.25) is 4.90 Å². The highest BCUT2D eigenvalue weighted by molar-refractivity contribution is 5.67. The summed E-state index contributed by atoms with van der Waals surface area (Å²) in [5.41, 5.74) is 0. The Hall–Kier alpha value is -0.810. The van der Waals surface area contributed by atoms with Crippen LogP contribution < -0.4 is 5.32 Å². The number of hydrogen-bond donors (Lipinski definition) is 1. The molecule has 0 aromatic carbocycles. The first kappa shape index (κ1) is 12.6. The number of alkyl carbamates (subject to hydrolysis) is 1. The van der Waals surface area contributed by atoms with Gasteiger partial charge in [0.15, 0.2) is 0 Å². The molecule has 0 radical (unpaired) electrons. The summed E-state index contributed by atoms with van der Waals surface area (Å²) in [5.74, 6) is 0. The molecule has 5 heteroatoms. The van der Waals surface area contributed by atoms with Gasteiger partial charge in [-0.05, 0) is 25.7 Å². The van der Waals surface area contributed by atoms with Crippen LogP contribution in [0, 0.1) is 0 Å². The zero-order valence-corrected chi connectivity index (χ0v) is 10.3. The number of rotatable bonds is 4. The molecule has 2 rings (SSSR count). The molecule has 17 heavy (non-hydrogen) atoms. The lowest BCUT2D eigenvalue weighted by Crippen LogP contribution is -2.41. The van der Waals surface area contributed by atoms with Crippen molar-refractivity contribution >= 4 is 6.09 Å². The standard InChI is InChI=1S/C12H22N2O3/c15-12(17-11-3-1-2-4-11)13-5-6-14-7-9-16-10-8-14/h11H,1-10H2,(H,13,15). The molecule has 0 aromatic heterocycles. The van der Waals surface area contributed by atoms with E-state index in [-0.39, 0.29) is 12.2 Å². The van der Waals surface area contributed by atoms with E-state index in [9.17, 15) is 4.79 Å². The summed E-state index contributed by atoms with van der Waals surface area (Å²) in [4.78, 5) is 13.8. The number of ether oxygens (including phenoxy) is 2. The Morgan fingerprint density at radius 1 is 1.29 bits per heavy atom. The molecule has 0 unspecified atom stereocenters. The Bertz CT molecular complexity index is 236. The Labute approximate surface area is 102 Å². The van der Waals surface area contributed by atoms with Crippen LogP contribution in [-0.4, -0.2) is 56.5 Å². The molecule has 1 amide bonds. The summed E-state index contributed by atoms with van der Waals surface area (Å²) >= 11 is 0. The minimum Gasteiger partial charge on any atom is -0.446 e. The lowest BCUT2D eigenvalue weighted by molar-refractivity contribution is 0.0378. The van der Waals surface area contributed by atoms with Gasteiger partial charge in [0.25, 0.3) is 0 Å². The van der Waals surface area contributed by atoms with Crippen molar-refractivity contribution in [3.05, 3.63) is 0 Å². The highest BCUT2D eigenvalue weighted by atomic mass is 16.6. The van der Waals surface area contributed by atoms with Gasteiger partial charge in [-0.1, -0.05) is 0 Å². The maximum atomic E-state index is 11.5. The van der Waals surface area contributed by atoms with Crippen LogP contribution in [0.25, 0.3) is 0 Å². The van der Waals surface area contributed by atoms with Crippen molar-refractivity contribution in [2.75, 3.05) is 39.4 Å². The van der Waals surface area contributed by atoms with Gasteiger partial charge < -0.3 is 14.8 Å². The van der Waals surface area contributed by atoms with Crippen LogP contribution in [-0.2, 0) is 9.47 Å². The highest BCUT2D eigenvalue weighted by Crippen LogP contribution is 2.20. The summed E-state index contributed by atoms with van der Waals surface area (Å²) in [5, 5.41) is 2.81. The molecule has 0 bridgehead atoms. The molecule has 2 aliphatic rings. The number of nitrogens with one attached hydrogen (secondary N) is 1. The van der Waals surface area contributed by atoms with E-state index in [4.69, 9.17) is 9.47 Å². The molecule has 98 valence electrons. The van der Waals surface area contributed by atoms with Crippen molar-refractivity contribution in [3.63, 3.8) is 0 Å². The van der Waals surface area contributed by atoms with Crippen molar-refractivity contribution in [1.29, 1.82) is 0 Å². The van der Waals surface area contributed by atoms with E-state index in [2.05, 4.69) is 10.2 Å². The molecular weight excluding hydrogens is 220 g/mol.